The molecule has 0 saturated carbocycles. The van der Waals surface area contributed by atoms with Crippen LogP contribution in [-0.2, 0) is 19.1 Å². The van der Waals surface area contributed by atoms with Crippen LogP contribution >= 0.6 is 23.2 Å². The first-order valence-electron chi connectivity index (χ1n) is 10.6. The van der Waals surface area contributed by atoms with E-state index in [1.54, 1.807) is 0 Å². The van der Waals surface area contributed by atoms with Crippen LogP contribution in [0.1, 0.15) is 31.1 Å². The van der Waals surface area contributed by atoms with Crippen LogP contribution < -0.4 is 10.9 Å². The van der Waals surface area contributed by atoms with Crippen molar-refractivity contribution in [2.24, 2.45) is 0 Å². The monoisotopic (exact) mass is 560 g/mol. The summed E-state index contributed by atoms with van der Waals surface area (Å²) in [6.07, 6.45) is -4.60. The molecule has 0 aliphatic carbocycles. The second-order valence-corrected chi connectivity index (χ2v) is 8.34. The summed E-state index contributed by atoms with van der Waals surface area (Å²) in [5.41, 5.74) is 3.47. The minimum absolute atomic E-state index is 0.0985. The smallest absolute Gasteiger partial charge is 0.349 e. The highest BCUT2D eigenvalue weighted by Crippen LogP contribution is 2.17. The number of amides is 2. The number of carboxylic acid groups (broad SMARTS) is 1. The molecule has 4 N–H and O–H groups in total. The number of aliphatic carboxylic acids is 1. The minimum Gasteiger partial charge on any atom is -0.507 e. The lowest BCUT2D eigenvalue weighted by Gasteiger charge is -2.23. The molecule has 0 spiro atoms. The number of hydrazine groups is 1. The lowest BCUT2D eigenvalue weighted by Crippen LogP contribution is -2.54. The SMILES string of the molecule is O=C(O[C@H](C(=O)O)[C@@H](OC(=O)c1ccc(Cl)cc1)C(=O)NNC(=O)c1ccccc1O)c1ccc(Cl)cc1. The normalized spacial score (nSPS) is 11.9. The lowest BCUT2D eigenvalue weighted by molar-refractivity contribution is -0.159. The Hall–Kier alpha value is -4.61. The van der Waals surface area contributed by atoms with Crippen LogP contribution in [-0.4, -0.2) is 52.1 Å². The molecule has 11 nitrogen and oxygen atoms in total. The van der Waals surface area contributed by atoms with Gasteiger partial charge >= 0.3 is 17.9 Å². The summed E-state index contributed by atoms with van der Waals surface area (Å²) in [5, 5.41) is 20.1. The first kappa shape index (κ1) is 28.0. The summed E-state index contributed by atoms with van der Waals surface area (Å²) in [5.74, 6) is -6.86. The van der Waals surface area contributed by atoms with Crippen molar-refractivity contribution in [2.45, 2.75) is 12.2 Å². The zero-order chi connectivity index (χ0) is 27.8. The number of carbonyl (C=O) groups is 5. The first-order valence-corrected chi connectivity index (χ1v) is 11.4. The third-order valence-corrected chi connectivity index (χ3v) is 5.36. The van der Waals surface area contributed by atoms with Gasteiger partial charge in [-0.2, -0.15) is 0 Å². The van der Waals surface area contributed by atoms with Crippen molar-refractivity contribution in [3.63, 3.8) is 0 Å². The predicted molar refractivity (Wildman–Crippen MR) is 133 cm³/mol. The van der Waals surface area contributed by atoms with E-state index in [4.69, 9.17) is 32.7 Å². The molecule has 38 heavy (non-hydrogen) atoms. The summed E-state index contributed by atoms with van der Waals surface area (Å²) in [6.45, 7) is 0. The van der Waals surface area contributed by atoms with E-state index in [0.29, 0.717) is 10.0 Å². The zero-order valence-corrected chi connectivity index (χ0v) is 20.6. The molecule has 0 aliphatic rings. The van der Waals surface area contributed by atoms with Crippen LogP contribution in [0.4, 0.5) is 0 Å². The van der Waals surface area contributed by atoms with E-state index in [2.05, 4.69) is 0 Å². The van der Waals surface area contributed by atoms with E-state index in [1.807, 2.05) is 10.9 Å². The number of hydrogen-bond donors (Lipinski definition) is 4. The highest BCUT2D eigenvalue weighted by molar-refractivity contribution is 6.31. The van der Waals surface area contributed by atoms with Crippen molar-refractivity contribution in [3.8, 4) is 5.75 Å². The Morgan fingerprint density at radius 3 is 1.63 bits per heavy atom. The second kappa shape index (κ2) is 12.6. The standard InChI is InChI=1S/C25H18Cl2N2O9/c26-15-9-5-13(6-10-15)24(35)37-19(22(32)29-28-21(31)17-3-1-2-4-18(17)30)20(23(33)34)38-25(36)14-7-11-16(27)12-8-14/h1-12,19-20,30H,(H,28,31)(H,29,32)(H,33,34)/t19-,20+/m1/s1. The summed E-state index contributed by atoms with van der Waals surface area (Å²) in [4.78, 5) is 62.6. The maximum atomic E-state index is 12.9. The van der Waals surface area contributed by atoms with Gasteiger partial charge in [-0.15, -0.1) is 0 Å². The Balaban J connectivity index is 1.85. The molecule has 3 aromatic carbocycles. The van der Waals surface area contributed by atoms with Crippen molar-refractivity contribution in [3.05, 3.63) is 99.5 Å². The molecule has 0 aromatic heterocycles. The number of phenols is 1. The van der Waals surface area contributed by atoms with Gasteiger partial charge in [-0.3, -0.25) is 20.4 Å². The highest BCUT2D eigenvalue weighted by Gasteiger charge is 2.41. The van der Waals surface area contributed by atoms with Crippen LogP contribution in [0.3, 0.4) is 0 Å². The van der Waals surface area contributed by atoms with Gasteiger partial charge < -0.3 is 19.7 Å². The van der Waals surface area contributed by atoms with Gasteiger partial charge in [-0.25, -0.2) is 14.4 Å². The van der Waals surface area contributed by atoms with Crippen LogP contribution in [0.25, 0.3) is 0 Å². The number of hydrogen-bond acceptors (Lipinski definition) is 8. The molecule has 3 aromatic rings. The average Bonchev–Trinajstić information content (AvgIpc) is 2.89. The Morgan fingerprint density at radius 1 is 0.684 bits per heavy atom. The average molecular weight is 561 g/mol. The Labute approximate surface area is 224 Å². The molecule has 2 amide bonds. The number of carbonyl (C=O) groups excluding carboxylic acids is 4. The molecule has 0 heterocycles. The van der Waals surface area contributed by atoms with E-state index in [9.17, 15) is 34.2 Å². The number of aromatic hydroxyl groups is 1. The van der Waals surface area contributed by atoms with E-state index < -0.39 is 47.7 Å². The van der Waals surface area contributed by atoms with Gasteiger partial charge in [0.1, 0.15) is 5.75 Å². The number of carboxylic acids is 1. The first-order chi connectivity index (χ1) is 18.1. The maximum Gasteiger partial charge on any atom is 0.349 e. The summed E-state index contributed by atoms with van der Waals surface area (Å²) in [7, 11) is 0. The van der Waals surface area contributed by atoms with Crippen molar-refractivity contribution in [1.82, 2.24) is 10.9 Å². The maximum absolute atomic E-state index is 12.9. The van der Waals surface area contributed by atoms with E-state index in [1.165, 1.54) is 72.8 Å². The van der Waals surface area contributed by atoms with Gasteiger partial charge in [0, 0.05) is 10.0 Å². The minimum atomic E-state index is -2.34. The molecular formula is C25H18Cl2N2O9. The highest BCUT2D eigenvalue weighted by atomic mass is 35.5. The Morgan fingerprint density at radius 2 is 1.16 bits per heavy atom. The molecular weight excluding hydrogens is 543 g/mol. The number of nitrogens with one attached hydrogen (secondary N) is 2. The fraction of sp³-hybridized carbons (Fsp3) is 0.0800. The Kier molecular flexibility index (Phi) is 9.25. The second-order valence-electron chi connectivity index (χ2n) is 7.46. The van der Waals surface area contributed by atoms with E-state index in [0.717, 1.165) is 0 Å². The van der Waals surface area contributed by atoms with Crippen LogP contribution in [0.5, 0.6) is 5.75 Å². The molecule has 3 rings (SSSR count). The summed E-state index contributed by atoms with van der Waals surface area (Å²) >= 11 is 11.6. The molecule has 0 bridgehead atoms. The van der Waals surface area contributed by atoms with Crippen molar-refractivity contribution < 1.29 is 43.7 Å². The van der Waals surface area contributed by atoms with E-state index in [-0.39, 0.29) is 16.7 Å². The molecule has 13 heteroatoms. The number of para-hydroxylation sites is 1. The third kappa shape index (κ3) is 7.21. The third-order valence-electron chi connectivity index (χ3n) is 4.85. The zero-order valence-electron chi connectivity index (χ0n) is 19.1. The topological polar surface area (TPSA) is 168 Å². The van der Waals surface area contributed by atoms with E-state index >= 15 is 0 Å². The van der Waals surface area contributed by atoms with Gasteiger partial charge in [0.25, 0.3) is 11.8 Å². The van der Waals surface area contributed by atoms with Gasteiger partial charge in [-0.05, 0) is 60.7 Å². The van der Waals surface area contributed by atoms with Gasteiger partial charge in [-0.1, -0.05) is 35.3 Å². The number of phenolic OH excluding ortho intramolecular Hbond substituents is 1. The molecule has 0 fully saturated rings. The number of esters is 2. The number of ether oxygens (including phenoxy) is 2. The van der Waals surface area contributed by atoms with Crippen LogP contribution in [0.2, 0.25) is 10.0 Å². The van der Waals surface area contributed by atoms with Crippen LogP contribution in [0.15, 0.2) is 72.8 Å². The quantitative estimate of drug-likeness (QED) is 0.239. The molecule has 0 aliphatic heterocycles. The summed E-state index contributed by atoms with van der Waals surface area (Å²) < 4.78 is 10.1. The van der Waals surface area contributed by atoms with Crippen LogP contribution in [0, 0.1) is 0 Å². The molecule has 0 radical (unpaired) electrons. The number of halogens is 2. The molecule has 0 saturated heterocycles. The van der Waals surface area contributed by atoms with Crippen molar-refractivity contribution in [2.75, 3.05) is 0 Å². The fourth-order valence-corrected chi connectivity index (χ4v) is 3.21. The largest absolute Gasteiger partial charge is 0.507 e. The lowest BCUT2D eigenvalue weighted by atomic mass is 10.1. The van der Waals surface area contributed by atoms with Gasteiger partial charge in [0.2, 0.25) is 12.2 Å². The molecule has 2 atom stereocenters. The van der Waals surface area contributed by atoms with Crippen molar-refractivity contribution >= 4 is 52.9 Å². The molecule has 0 unspecified atom stereocenters. The number of rotatable bonds is 8. The predicted octanol–water partition coefficient (Wildman–Crippen LogP) is 3.00. The van der Waals surface area contributed by atoms with Gasteiger partial charge in [0.05, 0.1) is 16.7 Å². The Bertz CT molecular complexity index is 1360. The number of benzene rings is 3. The molecule has 196 valence electrons. The summed E-state index contributed by atoms with van der Waals surface area (Å²) in [6, 6.07) is 15.8. The van der Waals surface area contributed by atoms with Crippen molar-refractivity contribution in [1.29, 1.82) is 0 Å². The van der Waals surface area contributed by atoms with Gasteiger partial charge in [0.15, 0.2) is 0 Å². The fourth-order valence-electron chi connectivity index (χ4n) is 2.96.